The van der Waals surface area contributed by atoms with Gasteiger partial charge in [-0.2, -0.15) is 0 Å². The summed E-state index contributed by atoms with van der Waals surface area (Å²) < 4.78 is 0. The average Bonchev–Trinajstić information content (AvgIpc) is 2.62. The molecule has 1 aliphatic carbocycles. The molecule has 6 nitrogen and oxygen atoms in total. The first-order valence-electron chi connectivity index (χ1n) is 6.18. The highest BCUT2D eigenvalue weighted by molar-refractivity contribution is 5.47. The molecule has 1 saturated carbocycles. The number of piperidine rings is 1. The van der Waals surface area contributed by atoms with Crippen molar-refractivity contribution in [2.45, 2.75) is 18.9 Å². The van der Waals surface area contributed by atoms with Crippen molar-refractivity contribution < 1.29 is 10.0 Å². The Morgan fingerprint density at radius 2 is 2.00 bits per heavy atom. The summed E-state index contributed by atoms with van der Waals surface area (Å²) in [6.45, 7) is 1.63. The number of pyridine rings is 1. The monoisotopic (exact) mass is 249 g/mol. The first-order valence-corrected chi connectivity index (χ1v) is 6.18. The fourth-order valence-corrected chi connectivity index (χ4v) is 3.08. The third-order valence-electron chi connectivity index (χ3n) is 4.07. The maximum atomic E-state index is 10.5. The second-order valence-corrected chi connectivity index (χ2v) is 5.12. The molecule has 0 radical (unpaired) electrons. The Morgan fingerprint density at radius 1 is 1.33 bits per heavy atom. The fraction of sp³-hybridized carbons (Fsp3) is 0.583. The predicted octanol–water partition coefficient (Wildman–Crippen LogP) is 1.20. The number of hydrogen-bond donors (Lipinski definition) is 1. The zero-order valence-electron chi connectivity index (χ0n) is 9.90. The van der Waals surface area contributed by atoms with Crippen LogP contribution in [0.5, 0.6) is 0 Å². The molecule has 2 heterocycles. The number of aliphatic hydroxyl groups is 1. The number of aliphatic hydroxyl groups excluding tert-OH is 1. The van der Waals surface area contributed by atoms with Crippen LogP contribution >= 0.6 is 0 Å². The summed E-state index contributed by atoms with van der Waals surface area (Å²) in [5.41, 5.74) is 0.907. The van der Waals surface area contributed by atoms with Gasteiger partial charge in [-0.3, -0.25) is 0 Å². The summed E-state index contributed by atoms with van der Waals surface area (Å²) in [4.78, 5) is 16.1. The Bertz CT molecular complexity index is 448. The minimum absolute atomic E-state index is 0.126. The van der Waals surface area contributed by atoms with Gasteiger partial charge in [0.05, 0.1) is 11.8 Å². The van der Waals surface area contributed by atoms with E-state index in [4.69, 9.17) is 0 Å². The number of rotatable bonds is 2. The van der Waals surface area contributed by atoms with Gasteiger partial charge >= 0.3 is 5.82 Å². The third-order valence-corrected chi connectivity index (χ3v) is 4.07. The number of aromatic nitrogens is 1. The van der Waals surface area contributed by atoms with Crippen molar-refractivity contribution in [1.82, 2.24) is 4.98 Å². The van der Waals surface area contributed by atoms with Gasteiger partial charge in [0.2, 0.25) is 0 Å². The van der Waals surface area contributed by atoms with Gasteiger partial charge in [-0.1, -0.05) is 0 Å². The summed E-state index contributed by atoms with van der Waals surface area (Å²) in [7, 11) is 0. The molecule has 1 aromatic rings. The fourth-order valence-electron chi connectivity index (χ4n) is 3.08. The average molecular weight is 249 g/mol. The van der Waals surface area contributed by atoms with Crippen molar-refractivity contribution in [2.75, 3.05) is 18.0 Å². The molecule has 0 unspecified atom stereocenters. The van der Waals surface area contributed by atoms with Crippen molar-refractivity contribution in [1.29, 1.82) is 0 Å². The van der Waals surface area contributed by atoms with Crippen LogP contribution < -0.4 is 4.90 Å². The molecule has 2 bridgehead atoms. The van der Waals surface area contributed by atoms with Gasteiger partial charge in [0.25, 0.3) is 0 Å². The molecule has 2 aliphatic rings. The highest BCUT2D eigenvalue weighted by Gasteiger charge is 2.41. The van der Waals surface area contributed by atoms with Gasteiger partial charge in [-0.15, -0.1) is 0 Å². The third kappa shape index (κ3) is 1.82. The highest BCUT2D eigenvalue weighted by Crippen LogP contribution is 2.38. The molecule has 1 N–H and O–H groups in total. The Balaban J connectivity index is 1.78. The van der Waals surface area contributed by atoms with Crippen LogP contribution in [0.1, 0.15) is 12.8 Å². The smallest absolute Gasteiger partial charge is 0.363 e. The van der Waals surface area contributed by atoms with Crippen molar-refractivity contribution in [2.24, 2.45) is 11.8 Å². The molecular formula is C12H15N3O3. The van der Waals surface area contributed by atoms with E-state index in [0.717, 1.165) is 31.6 Å². The Morgan fingerprint density at radius 3 is 2.50 bits per heavy atom. The zero-order valence-corrected chi connectivity index (χ0v) is 9.90. The quantitative estimate of drug-likeness (QED) is 0.629. The summed E-state index contributed by atoms with van der Waals surface area (Å²) in [5.74, 6) is 0.539. The van der Waals surface area contributed by atoms with Crippen molar-refractivity contribution in [3.63, 3.8) is 0 Å². The van der Waals surface area contributed by atoms with E-state index in [1.54, 1.807) is 12.3 Å². The van der Waals surface area contributed by atoms with Crippen LogP contribution in [0.2, 0.25) is 0 Å². The first-order chi connectivity index (χ1) is 8.65. The van der Waals surface area contributed by atoms with Gasteiger partial charge in [0.15, 0.2) is 6.20 Å². The molecule has 3 rings (SSSR count). The van der Waals surface area contributed by atoms with Crippen LogP contribution in [0.3, 0.4) is 0 Å². The zero-order chi connectivity index (χ0) is 12.7. The van der Waals surface area contributed by atoms with E-state index in [9.17, 15) is 15.2 Å². The van der Waals surface area contributed by atoms with Crippen LogP contribution in [0.15, 0.2) is 18.3 Å². The van der Waals surface area contributed by atoms with Crippen molar-refractivity contribution in [3.8, 4) is 0 Å². The standard InChI is InChI=1S/C12H15N3O3/c16-12-8-1-2-9(12)7-14(6-8)10-3-4-11(13-5-10)15(17)18/h3-5,8-9,12,16H,1-2,6-7H2/t8-,9-/m1/s1. The van der Waals surface area contributed by atoms with Crippen molar-refractivity contribution >= 4 is 11.5 Å². The Hall–Kier alpha value is -1.69. The van der Waals surface area contributed by atoms with E-state index in [1.807, 2.05) is 0 Å². The maximum absolute atomic E-state index is 10.5. The summed E-state index contributed by atoms with van der Waals surface area (Å²) in [6, 6.07) is 3.17. The van der Waals surface area contributed by atoms with Gasteiger partial charge in [0, 0.05) is 31.0 Å². The maximum Gasteiger partial charge on any atom is 0.363 e. The molecule has 1 saturated heterocycles. The minimum Gasteiger partial charge on any atom is -0.392 e. The molecule has 1 aliphatic heterocycles. The van der Waals surface area contributed by atoms with Gasteiger partial charge in [-0.25, -0.2) is 0 Å². The Kier molecular flexibility index (Phi) is 2.66. The van der Waals surface area contributed by atoms with Crippen LogP contribution in [-0.2, 0) is 0 Å². The number of hydrogen-bond acceptors (Lipinski definition) is 5. The summed E-state index contributed by atoms with van der Waals surface area (Å²) in [5, 5.41) is 20.5. The largest absolute Gasteiger partial charge is 0.392 e. The number of nitro groups is 1. The summed E-state index contributed by atoms with van der Waals surface area (Å²) in [6.07, 6.45) is 3.52. The van der Waals surface area contributed by atoms with Crippen LogP contribution in [0.4, 0.5) is 11.5 Å². The lowest BCUT2D eigenvalue weighted by Crippen LogP contribution is -2.44. The summed E-state index contributed by atoms with van der Waals surface area (Å²) >= 11 is 0. The molecule has 0 aromatic carbocycles. The molecule has 1 aromatic heterocycles. The SMILES string of the molecule is O=[N+]([O-])c1ccc(N2C[C@H]3CC[C@H](C2)C3O)cn1. The molecular weight excluding hydrogens is 234 g/mol. The normalized spacial score (nSPS) is 30.5. The topological polar surface area (TPSA) is 79.5 Å². The van der Waals surface area contributed by atoms with Crippen LogP contribution in [0, 0.1) is 22.0 Å². The predicted molar refractivity (Wildman–Crippen MR) is 65.3 cm³/mol. The molecule has 2 fully saturated rings. The molecule has 0 spiro atoms. The van der Waals surface area contributed by atoms with E-state index in [2.05, 4.69) is 9.88 Å². The van der Waals surface area contributed by atoms with E-state index in [-0.39, 0.29) is 11.9 Å². The molecule has 0 amide bonds. The lowest BCUT2D eigenvalue weighted by molar-refractivity contribution is -0.389. The molecule has 6 heteroatoms. The van der Waals surface area contributed by atoms with E-state index >= 15 is 0 Å². The minimum atomic E-state index is -0.493. The number of anilines is 1. The molecule has 96 valence electrons. The lowest BCUT2D eigenvalue weighted by atomic mass is 9.95. The Labute approximate surface area is 104 Å². The van der Waals surface area contributed by atoms with Crippen LogP contribution in [0.25, 0.3) is 0 Å². The number of nitrogens with zero attached hydrogens (tertiary/aromatic N) is 3. The highest BCUT2D eigenvalue weighted by atomic mass is 16.6. The van der Waals surface area contributed by atoms with Crippen LogP contribution in [-0.4, -0.2) is 34.2 Å². The molecule has 18 heavy (non-hydrogen) atoms. The first kappa shape index (κ1) is 11.4. The van der Waals surface area contributed by atoms with E-state index < -0.39 is 4.92 Å². The second-order valence-electron chi connectivity index (χ2n) is 5.12. The van der Waals surface area contributed by atoms with Gasteiger partial charge in [0.1, 0.15) is 0 Å². The lowest BCUT2D eigenvalue weighted by Gasteiger charge is -2.36. The van der Waals surface area contributed by atoms with Gasteiger partial charge in [-0.05, 0) is 28.8 Å². The molecule has 2 atom stereocenters. The van der Waals surface area contributed by atoms with E-state index in [0.29, 0.717) is 11.8 Å². The van der Waals surface area contributed by atoms with E-state index in [1.165, 1.54) is 6.07 Å². The van der Waals surface area contributed by atoms with Gasteiger partial charge < -0.3 is 20.1 Å². The van der Waals surface area contributed by atoms with Crippen molar-refractivity contribution in [3.05, 3.63) is 28.4 Å². The number of fused-ring (bicyclic) bond motifs is 2. The second kappa shape index (κ2) is 4.20.